The zero-order valence-corrected chi connectivity index (χ0v) is 18.9. The molecule has 0 atom stereocenters. The van der Waals surface area contributed by atoms with Crippen LogP contribution in [0.5, 0.6) is 0 Å². The van der Waals surface area contributed by atoms with Gasteiger partial charge in [-0.05, 0) is 70.8 Å². The maximum atomic E-state index is 13.0. The highest BCUT2D eigenvalue weighted by atomic mass is 16.2. The fourth-order valence-corrected chi connectivity index (χ4v) is 4.21. The summed E-state index contributed by atoms with van der Waals surface area (Å²) in [5.74, 6) is -0.248. The molecular weight excluding hydrogens is 436 g/mol. The maximum Gasteiger partial charge on any atom is 0.255 e. The van der Waals surface area contributed by atoms with Crippen molar-refractivity contribution < 1.29 is 9.59 Å². The van der Waals surface area contributed by atoms with Gasteiger partial charge in [0, 0.05) is 24.2 Å². The number of rotatable bonds is 5. The first kappa shape index (κ1) is 21.9. The molecule has 4 aromatic rings. The number of nitrogens with one attached hydrogen (secondary N) is 1. The smallest absolute Gasteiger partial charge is 0.255 e. The molecule has 5 rings (SSSR count). The van der Waals surface area contributed by atoms with Crippen molar-refractivity contribution in [2.45, 2.75) is 13.1 Å². The maximum absolute atomic E-state index is 13.0. The minimum Gasteiger partial charge on any atom is -0.397 e. The summed E-state index contributed by atoms with van der Waals surface area (Å²) in [5.41, 5.74) is 12.7. The van der Waals surface area contributed by atoms with Gasteiger partial charge in [-0.2, -0.15) is 5.26 Å². The lowest BCUT2D eigenvalue weighted by Gasteiger charge is -2.16. The highest BCUT2D eigenvalue weighted by molar-refractivity contribution is 6.05. The van der Waals surface area contributed by atoms with Crippen LogP contribution in [0.3, 0.4) is 0 Å². The molecule has 170 valence electrons. The van der Waals surface area contributed by atoms with Crippen LogP contribution in [-0.4, -0.2) is 16.7 Å². The molecule has 0 saturated heterocycles. The van der Waals surface area contributed by atoms with Crippen LogP contribution in [0.4, 0.5) is 11.4 Å². The number of nitrogens with zero attached hydrogens (tertiary/aromatic N) is 2. The summed E-state index contributed by atoms with van der Waals surface area (Å²) in [7, 11) is 0. The minimum atomic E-state index is -0.241. The van der Waals surface area contributed by atoms with E-state index in [1.165, 1.54) is 0 Å². The van der Waals surface area contributed by atoms with E-state index in [0.717, 1.165) is 22.3 Å². The van der Waals surface area contributed by atoms with E-state index in [-0.39, 0.29) is 11.8 Å². The van der Waals surface area contributed by atoms with Crippen LogP contribution in [0.15, 0.2) is 91.0 Å². The Morgan fingerprint density at radius 2 is 1.66 bits per heavy atom. The zero-order chi connectivity index (χ0) is 24.4. The Balaban J connectivity index is 1.27. The second-order valence-corrected chi connectivity index (χ2v) is 8.46. The number of fused-ring (bicyclic) bond motifs is 1. The van der Waals surface area contributed by atoms with Crippen LogP contribution in [0, 0.1) is 11.3 Å². The summed E-state index contributed by atoms with van der Waals surface area (Å²) in [6.07, 6.45) is 0. The fourth-order valence-electron chi connectivity index (χ4n) is 4.21. The van der Waals surface area contributed by atoms with E-state index in [9.17, 15) is 9.59 Å². The van der Waals surface area contributed by atoms with Gasteiger partial charge in [0.15, 0.2) is 0 Å². The molecule has 4 aromatic carbocycles. The van der Waals surface area contributed by atoms with Crippen LogP contribution < -0.4 is 11.1 Å². The Bertz CT molecular complexity index is 1470. The lowest BCUT2D eigenvalue weighted by Crippen LogP contribution is -2.23. The third kappa shape index (κ3) is 4.48. The number of carbonyl (C=O) groups excluding carboxylic acids is 2. The van der Waals surface area contributed by atoms with Gasteiger partial charge in [0.2, 0.25) is 0 Å². The van der Waals surface area contributed by atoms with Crippen molar-refractivity contribution >= 4 is 23.2 Å². The van der Waals surface area contributed by atoms with Crippen LogP contribution in [0.2, 0.25) is 0 Å². The van der Waals surface area contributed by atoms with Gasteiger partial charge in [0.25, 0.3) is 11.8 Å². The molecule has 1 aliphatic rings. The molecule has 6 heteroatoms. The number of anilines is 2. The minimum absolute atomic E-state index is 0.00671. The normalized spacial score (nSPS) is 12.2. The van der Waals surface area contributed by atoms with Crippen molar-refractivity contribution in [3.8, 4) is 17.2 Å². The number of para-hydroxylation sites is 2. The third-order valence-corrected chi connectivity index (χ3v) is 6.13. The van der Waals surface area contributed by atoms with E-state index in [0.29, 0.717) is 41.2 Å². The molecule has 3 N–H and O–H groups in total. The van der Waals surface area contributed by atoms with Gasteiger partial charge in [-0.25, -0.2) is 0 Å². The average molecular weight is 459 g/mol. The topological polar surface area (TPSA) is 99.2 Å². The summed E-state index contributed by atoms with van der Waals surface area (Å²) in [6.45, 7) is 0.973. The van der Waals surface area contributed by atoms with E-state index in [4.69, 9.17) is 11.0 Å². The van der Waals surface area contributed by atoms with Gasteiger partial charge in [0.1, 0.15) is 0 Å². The van der Waals surface area contributed by atoms with E-state index >= 15 is 0 Å². The number of nitrogens with two attached hydrogens (primary N) is 1. The number of benzene rings is 4. The van der Waals surface area contributed by atoms with Crippen LogP contribution in [-0.2, 0) is 13.1 Å². The summed E-state index contributed by atoms with van der Waals surface area (Å²) in [6, 6.07) is 29.7. The number of hydrogen-bond donors (Lipinski definition) is 2. The van der Waals surface area contributed by atoms with Crippen LogP contribution >= 0.6 is 0 Å². The molecule has 0 unspecified atom stereocenters. The van der Waals surface area contributed by atoms with Crippen LogP contribution in [0.1, 0.15) is 37.4 Å². The SMILES string of the molecule is N#Cc1ccc(-c2ccc3c(c2)CN(Cc2ccc(C(=O)Nc4ccccc4N)cc2)C3=O)cc1. The molecule has 35 heavy (non-hydrogen) atoms. The van der Waals surface area contributed by atoms with Gasteiger partial charge >= 0.3 is 0 Å². The quantitative estimate of drug-likeness (QED) is 0.401. The second-order valence-electron chi connectivity index (χ2n) is 8.46. The van der Waals surface area contributed by atoms with Gasteiger partial charge in [0.05, 0.1) is 23.0 Å². The Morgan fingerprint density at radius 1 is 0.943 bits per heavy atom. The molecule has 0 bridgehead atoms. The molecule has 0 aliphatic carbocycles. The summed E-state index contributed by atoms with van der Waals surface area (Å²) >= 11 is 0. The Morgan fingerprint density at radius 3 is 2.37 bits per heavy atom. The standard InChI is InChI=1S/C29H22N4O2/c30-16-19-5-9-21(10-6-19)23-13-14-25-24(15-23)18-33(29(25)35)17-20-7-11-22(12-8-20)28(34)32-27-4-2-1-3-26(27)31/h1-15H,17-18,31H2,(H,32,34). The van der Waals surface area contributed by atoms with E-state index in [1.807, 2.05) is 54.6 Å². The first-order valence-corrected chi connectivity index (χ1v) is 11.2. The predicted molar refractivity (Wildman–Crippen MR) is 135 cm³/mol. The summed E-state index contributed by atoms with van der Waals surface area (Å²) < 4.78 is 0. The highest BCUT2D eigenvalue weighted by Crippen LogP contribution is 2.30. The van der Waals surface area contributed by atoms with Crippen molar-refractivity contribution in [2.24, 2.45) is 0 Å². The molecule has 0 radical (unpaired) electrons. The molecule has 1 aliphatic heterocycles. The number of hydrogen-bond acceptors (Lipinski definition) is 4. The van der Waals surface area contributed by atoms with Crippen LogP contribution in [0.25, 0.3) is 11.1 Å². The highest BCUT2D eigenvalue weighted by Gasteiger charge is 2.27. The molecule has 6 nitrogen and oxygen atoms in total. The van der Waals surface area contributed by atoms with Gasteiger partial charge in [-0.3, -0.25) is 9.59 Å². The number of amides is 2. The summed E-state index contributed by atoms with van der Waals surface area (Å²) in [5, 5.41) is 11.8. The molecule has 2 amide bonds. The van der Waals surface area contributed by atoms with E-state index < -0.39 is 0 Å². The summed E-state index contributed by atoms with van der Waals surface area (Å²) in [4.78, 5) is 27.3. The van der Waals surface area contributed by atoms with E-state index in [1.54, 1.807) is 41.3 Å². The molecule has 1 heterocycles. The van der Waals surface area contributed by atoms with Gasteiger partial charge in [-0.1, -0.05) is 42.5 Å². The zero-order valence-electron chi connectivity index (χ0n) is 18.9. The molecular formula is C29H22N4O2. The third-order valence-electron chi connectivity index (χ3n) is 6.13. The number of nitrogen functional groups attached to an aromatic ring is 1. The van der Waals surface area contributed by atoms with Gasteiger partial charge < -0.3 is 16.0 Å². The monoisotopic (exact) mass is 458 g/mol. The lowest BCUT2D eigenvalue weighted by atomic mass is 10.00. The molecule has 0 aromatic heterocycles. The first-order chi connectivity index (χ1) is 17.0. The Kier molecular flexibility index (Phi) is 5.74. The first-order valence-electron chi connectivity index (χ1n) is 11.2. The predicted octanol–water partition coefficient (Wildman–Crippen LogP) is 5.22. The average Bonchev–Trinajstić information content (AvgIpc) is 3.20. The van der Waals surface area contributed by atoms with E-state index in [2.05, 4.69) is 11.4 Å². The molecule has 0 saturated carbocycles. The van der Waals surface area contributed by atoms with Gasteiger partial charge in [-0.15, -0.1) is 0 Å². The molecule has 0 fully saturated rings. The van der Waals surface area contributed by atoms with Crippen molar-refractivity contribution in [1.29, 1.82) is 5.26 Å². The van der Waals surface area contributed by atoms with Crippen molar-refractivity contribution in [3.05, 3.63) is 119 Å². The largest absolute Gasteiger partial charge is 0.397 e. The molecule has 0 spiro atoms. The number of nitriles is 1. The van der Waals surface area contributed by atoms with Crippen molar-refractivity contribution in [3.63, 3.8) is 0 Å². The van der Waals surface area contributed by atoms with Crippen molar-refractivity contribution in [1.82, 2.24) is 4.90 Å². The van der Waals surface area contributed by atoms with Crippen molar-refractivity contribution in [2.75, 3.05) is 11.1 Å². The Hall–Kier alpha value is -4.89. The Labute approximate surface area is 203 Å². The lowest BCUT2D eigenvalue weighted by molar-refractivity contribution is 0.0766. The fraction of sp³-hybridized carbons (Fsp3) is 0.0690. The second kappa shape index (κ2) is 9.16. The number of carbonyl (C=O) groups is 2.